The summed E-state index contributed by atoms with van der Waals surface area (Å²) in [7, 11) is 0. The predicted octanol–water partition coefficient (Wildman–Crippen LogP) is 5.45. The zero-order valence-corrected chi connectivity index (χ0v) is 12.9. The van der Waals surface area contributed by atoms with Crippen LogP contribution in [0.15, 0.2) is 22.7 Å². The standard InChI is InChI=1S/C12H15Br2Cl/c1-8(2)11(14)6-4-9-3-5-10(13)7-12(9)15/h3,5,7-8,11H,4,6H2,1-2H3. The van der Waals surface area contributed by atoms with Gasteiger partial charge in [0.1, 0.15) is 0 Å². The van der Waals surface area contributed by atoms with Crippen molar-refractivity contribution in [3.8, 4) is 0 Å². The lowest BCUT2D eigenvalue weighted by atomic mass is 10.0. The largest absolute Gasteiger partial charge is 0.0888 e. The van der Waals surface area contributed by atoms with Crippen LogP contribution in [-0.2, 0) is 6.42 Å². The van der Waals surface area contributed by atoms with Crippen molar-refractivity contribution in [1.82, 2.24) is 0 Å². The summed E-state index contributed by atoms with van der Waals surface area (Å²) in [5.74, 6) is 0.666. The van der Waals surface area contributed by atoms with E-state index in [2.05, 4.69) is 51.8 Å². The summed E-state index contributed by atoms with van der Waals surface area (Å²) < 4.78 is 1.04. The number of benzene rings is 1. The molecule has 0 aliphatic heterocycles. The molecule has 0 nitrogen and oxygen atoms in total. The number of halogens is 3. The van der Waals surface area contributed by atoms with Gasteiger partial charge in [-0.25, -0.2) is 0 Å². The Morgan fingerprint density at radius 1 is 1.33 bits per heavy atom. The lowest BCUT2D eigenvalue weighted by molar-refractivity contribution is 0.582. The zero-order chi connectivity index (χ0) is 11.4. The molecule has 0 saturated heterocycles. The fourth-order valence-electron chi connectivity index (χ4n) is 1.35. The van der Waals surface area contributed by atoms with E-state index in [-0.39, 0.29) is 0 Å². The van der Waals surface area contributed by atoms with Crippen molar-refractivity contribution in [2.45, 2.75) is 31.5 Å². The minimum Gasteiger partial charge on any atom is -0.0888 e. The highest BCUT2D eigenvalue weighted by molar-refractivity contribution is 9.10. The molecular weight excluding hydrogens is 339 g/mol. The molecule has 1 aromatic carbocycles. The maximum absolute atomic E-state index is 6.15. The molecule has 0 N–H and O–H groups in total. The number of hydrogen-bond acceptors (Lipinski definition) is 0. The smallest absolute Gasteiger partial charge is 0.0449 e. The first kappa shape index (κ1) is 13.5. The first-order valence-corrected chi connectivity index (χ1v) is 7.17. The molecule has 1 unspecified atom stereocenters. The van der Waals surface area contributed by atoms with Crippen LogP contribution in [0.25, 0.3) is 0 Å². The first-order valence-electron chi connectivity index (χ1n) is 5.08. The van der Waals surface area contributed by atoms with E-state index in [1.165, 1.54) is 5.56 Å². The van der Waals surface area contributed by atoms with E-state index >= 15 is 0 Å². The highest BCUT2D eigenvalue weighted by Gasteiger charge is 2.10. The molecule has 0 spiro atoms. The summed E-state index contributed by atoms with van der Waals surface area (Å²) in [6.07, 6.45) is 2.15. The molecule has 1 rings (SSSR count). The second-order valence-corrected chi connectivity index (χ2v) is 6.53. The van der Waals surface area contributed by atoms with Crippen LogP contribution >= 0.6 is 43.5 Å². The third kappa shape index (κ3) is 4.46. The topological polar surface area (TPSA) is 0 Å². The van der Waals surface area contributed by atoms with Crippen LogP contribution in [-0.4, -0.2) is 4.83 Å². The Morgan fingerprint density at radius 2 is 2.00 bits per heavy atom. The maximum Gasteiger partial charge on any atom is 0.0449 e. The van der Waals surface area contributed by atoms with Gasteiger partial charge in [0.05, 0.1) is 0 Å². The fraction of sp³-hybridized carbons (Fsp3) is 0.500. The third-order valence-corrected chi connectivity index (χ3v) is 4.79. The summed E-state index contributed by atoms with van der Waals surface area (Å²) in [4.78, 5) is 0.567. The number of hydrogen-bond donors (Lipinski definition) is 0. The molecule has 0 radical (unpaired) electrons. The molecule has 15 heavy (non-hydrogen) atoms. The van der Waals surface area contributed by atoms with Gasteiger partial charge in [0.2, 0.25) is 0 Å². The maximum atomic E-state index is 6.15. The van der Waals surface area contributed by atoms with Crippen molar-refractivity contribution in [2.24, 2.45) is 5.92 Å². The van der Waals surface area contributed by atoms with Crippen LogP contribution in [0.1, 0.15) is 25.8 Å². The minimum absolute atomic E-state index is 0.567. The number of alkyl halides is 1. The molecule has 1 atom stereocenters. The van der Waals surface area contributed by atoms with Crippen LogP contribution in [0.5, 0.6) is 0 Å². The Morgan fingerprint density at radius 3 is 2.53 bits per heavy atom. The molecule has 0 saturated carbocycles. The van der Waals surface area contributed by atoms with Crippen molar-refractivity contribution in [3.05, 3.63) is 33.3 Å². The van der Waals surface area contributed by atoms with Gasteiger partial charge in [0.25, 0.3) is 0 Å². The van der Waals surface area contributed by atoms with Gasteiger partial charge in [-0.05, 0) is 36.5 Å². The van der Waals surface area contributed by atoms with E-state index in [4.69, 9.17) is 11.6 Å². The molecule has 0 aliphatic carbocycles. The van der Waals surface area contributed by atoms with Crippen molar-refractivity contribution in [1.29, 1.82) is 0 Å². The van der Waals surface area contributed by atoms with Gasteiger partial charge >= 0.3 is 0 Å². The Bertz CT molecular complexity index is 323. The molecule has 0 fully saturated rings. The monoisotopic (exact) mass is 352 g/mol. The van der Waals surface area contributed by atoms with Gasteiger partial charge in [0, 0.05) is 14.3 Å². The quantitative estimate of drug-likeness (QED) is 0.630. The SMILES string of the molecule is CC(C)C(Br)CCc1ccc(Br)cc1Cl. The minimum atomic E-state index is 0.567. The lowest BCUT2D eigenvalue weighted by Gasteiger charge is -2.13. The van der Waals surface area contributed by atoms with Crippen molar-refractivity contribution in [2.75, 3.05) is 0 Å². The van der Waals surface area contributed by atoms with Gasteiger partial charge in [0.15, 0.2) is 0 Å². The van der Waals surface area contributed by atoms with Gasteiger partial charge in [-0.15, -0.1) is 0 Å². The zero-order valence-electron chi connectivity index (χ0n) is 8.93. The summed E-state index contributed by atoms with van der Waals surface area (Å²) in [5.41, 5.74) is 1.23. The molecule has 0 heterocycles. The average molecular weight is 355 g/mol. The van der Waals surface area contributed by atoms with Crippen molar-refractivity contribution in [3.63, 3.8) is 0 Å². The van der Waals surface area contributed by atoms with Crippen LogP contribution < -0.4 is 0 Å². The number of aryl methyl sites for hydroxylation is 1. The molecule has 0 amide bonds. The van der Waals surface area contributed by atoms with Crippen LogP contribution in [0.3, 0.4) is 0 Å². The highest BCUT2D eigenvalue weighted by Crippen LogP contribution is 2.25. The van der Waals surface area contributed by atoms with E-state index in [0.717, 1.165) is 22.3 Å². The molecule has 0 aliphatic rings. The molecular formula is C12H15Br2Cl. The second kappa shape index (κ2) is 6.27. The second-order valence-electron chi connectivity index (χ2n) is 4.03. The molecule has 0 aromatic heterocycles. The van der Waals surface area contributed by atoms with Gasteiger partial charge < -0.3 is 0 Å². The third-order valence-electron chi connectivity index (χ3n) is 2.43. The van der Waals surface area contributed by atoms with Gasteiger partial charge in [-0.3, -0.25) is 0 Å². The van der Waals surface area contributed by atoms with E-state index in [0.29, 0.717) is 10.7 Å². The Balaban J connectivity index is 2.58. The highest BCUT2D eigenvalue weighted by atomic mass is 79.9. The summed E-state index contributed by atoms with van der Waals surface area (Å²) in [5, 5.41) is 0.854. The molecule has 3 heteroatoms. The van der Waals surface area contributed by atoms with Crippen molar-refractivity contribution < 1.29 is 0 Å². The predicted molar refractivity (Wildman–Crippen MR) is 75.0 cm³/mol. The lowest BCUT2D eigenvalue weighted by Crippen LogP contribution is -2.08. The average Bonchev–Trinajstić information content (AvgIpc) is 2.15. The van der Waals surface area contributed by atoms with Gasteiger partial charge in [-0.1, -0.05) is 63.4 Å². The van der Waals surface area contributed by atoms with Crippen molar-refractivity contribution >= 4 is 43.5 Å². The van der Waals surface area contributed by atoms with Crippen LogP contribution in [0, 0.1) is 5.92 Å². The fourth-order valence-corrected chi connectivity index (χ4v) is 2.35. The molecule has 0 bridgehead atoms. The summed E-state index contributed by atoms with van der Waals surface area (Å²) in [6, 6.07) is 6.09. The Kier molecular flexibility index (Phi) is 5.65. The van der Waals surface area contributed by atoms with Gasteiger partial charge in [-0.2, -0.15) is 0 Å². The normalized spacial score (nSPS) is 13.2. The Hall–Kier alpha value is 0.470. The van der Waals surface area contributed by atoms with Crippen LogP contribution in [0.4, 0.5) is 0 Å². The van der Waals surface area contributed by atoms with Crippen LogP contribution in [0.2, 0.25) is 5.02 Å². The van der Waals surface area contributed by atoms with E-state index < -0.39 is 0 Å². The van der Waals surface area contributed by atoms with E-state index in [1.54, 1.807) is 0 Å². The van der Waals surface area contributed by atoms with E-state index in [9.17, 15) is 0 Å². The number of rotatable bonds is 4. The summed E-state index contributed by atoms with van der Waals surface area (Å²) >= 11 is 13.2. The summed E-state index contributed by atoms with van der Waals surface area (Å²) in [6.45, 7) is 4.45. The first-order chi connectivity index (χ1) is 7.00. The Labute approximate surface area is 114 Å². The molecule has 84 valence electrons. The molecule has 1 aromatic rings. The van der Waals surface area contributed by atoms with E-state index in [1.807, 2.05) is 12.1 Å².